The Hall–Kier alpha value is -2.83. The molecule has 0 aliphatic rings. The van der Waals surface area contributed by atoms with E-state index >= 15 is 0 Å². The number of hydrogen-bond acceptors (Lipinski definition) is 6. The first kappa shape index (κ1) is 17.5. The van der Waals surface area contributed by atoms with Gasteiger partial charge in [-0.1, -0.05) is 0 Å². The Morgan fingerprint density at radius 2 is 1.75 bits per heavy atom. The number of carbonyl (C=O) groups is 1. The minimum atomic E-state index is 0.0334. The Bertz CT molecular complexity index is 676. The van der Waals surface area contributed by atoms with E-state index in [4.69, 9.17) is 9.47 Å². The van der Waals surface area contributed by atoms with Gasteiger partial charge in [0.1, 0.15) is 11.5 Å². The zero-order valence-corrected chi connectivity index (χ0v) is 14.4. The number of methoxy groups -OCH3 is 1. The van der Waals surface area contributed by atoms with Crippen molar-refractivity contribution in [1.29, 1.82) is 0 Å². The molecule has 0 saturated heterocycles. The van der Waals surface area contributed by atoms with Gasteiger partial charge in [0.15, 0.2) is 5.82 Å². The van der Waals surface area contributed by atoms with E-state index in [1.807, 2.05) is 24.1 Å². The molecule has 0 radical (unpaired) electrons. The Balaban J connectivity index is 2.00. The van der Waals surface area contributed by atoms with Crippen LogP contribution in [0, 0.1) is 0 Å². The van der Waals surface area contributed by atoms with Gasteiger partial charge < -0.3 is 19.3 Å². The van der Waals surface area contributed by atoms with Crippen LogP contribution in [0.3, 0.4) is 0 Å². The van der Waals surface area contributed by atoms with Gasteiger partial charge in [-0.2, -0.15) is 4.98 Å². The summed E-state index contributed by atoms with van der Waals surface area (Å²) in [4.78, 5) is 23.4. The van der Waals surface area contributed by atoms with Gasteiger partial charge in [0.2, 0.25) is 11.8 Å². The van der Waals surface area contributed by atoms with Gasteiger partial charge in [-0.3, -0.25) is 9.78 Å². The fourth-order valence-corrected chi connectivity index (χ4v) is 1.91. The molecule has 0 atom stereocenters. The van der Waals surface area contributed by atoms with E-state index in [1.165, 1.54) is 0 Å². The fraction of sp³-hybridized carbons (Fsp3) is 0.353. The Morgan fingerprint density at radius 1 is 1.08 bits per heavy atom. The molecular formula is C17H22N4O3. The SMILES string of the molecule is COc1ccc(Oc2cncc(N(C)CCN(C)C(C)=O)n2)cc1. The molecule has 0 unspecified atom stereocenters. The molecule has 1 amide bonds. The summed E-state index contributed by atoms with van der Waals surface area (Å²) in [6.07, 6.45) is 3.22. The molecule has 0 saturated carbocycles. The van der Waals surface area contributed by atoms with Gasteiger partial charge in [0, 0.05) is 34.1 Å². The number of ether oxygens (including phenoxy) is 2. The minimum Gasteiger partial charge on any atom is -0.497 e. The molecule has 7 nitrogen and oxygen atoms in total. The zero-order valence-electron chi connectivity index (χ0n) is 14.4. The second kappa shape index (κ2) is 8.14. The monoisotopic (exact) mass is 330 g/mol. The maximum absolute atomic E-state index is 11.2. The summed E-state index contributed by atoms with van der Waals surface area (Å²) in [5.74, 6) is 2.53. The van der Waals surface area contributed by atoms with E-state index < -0.39 is 0 Å². The first-order chi connectivity index (χ1) is 11.5. The smallest absolute Gasteiger partial charge is 0.239 e. The first-order valence-electron chi connectivity index (χ1n) is 7.56. The average Bonchev–Trinajstić information content (AvgIpc) is 2.60. The third-order valence-corrected chi connectivity index (χ3v) is 3.58. The highest BCUT2D eigenvalue weighted by molar-refractivity contribution is 5.72. The van der Waals surface area contributed by atoms with Gasteiger partial charge in [-0.15, -0.1) is 0 Å². The van der Waals surface area contributed by atoms with Crippen LogP contribution in [-0.4, -0.2) is 55.1 Å². The van der Waals surface area contributed by atoms with Crippen LogP contribution in [0.15, 0.2) is 36.7 Å². The van der Waals surface area contributed by atoms with Crippen LogP contribution in [0.25, 0.3) is 0 Å². The van der Waals surface area contributed by atoms with E-state index in [1.54, 1.807) is 50.5 Å². The largest absolute Gasteiger partial charge is 0.497 e. The number of hydrogen-bond donors (Lipinski definition) is 0. The van der Waals surface area contributed by atoms with Crippen molar-refractivity contribution in [2.75, 3.05) is 39.2 Å². The highest BCUT2D eigenvalue weighted by Gasteiger charge is 2.08. The summed E-state index contributed by atoms with van der Waals surface area (Å²) in [6, 6.07) is 7.24. The van der Waals surface area contributed by atoms with Crippen molar-refractivity contribution in [2.45, 2.75) is 6.92 Å². The number of benzene rings is 1. The third kappa shape index (κ3) is 4.84. The molecule has 0 spiro atoms. The predicted octanol–water partition coefficient (Wildman–Crippen LogP) is 2.19. The maximum Gasteiger partial charge on any atom is 0.239 e. The van der Waals surface area contributed by atoms with Crippen LogP contribution in [0.1, 0.15) is 6.92 Å². The van der Waals surface area contributed by atoms with Gasteiger partial charge in [-0.05, 0) is 24.3 Å². The quantitative estimate of drug-likeness (QED) is 0.775. The molecule has 2 aromatic rings. The van der Waals surface area contributed by atoms with Crippen molar-refractivity contribution < 1.29 is 14.3 Å². The Morgan fingerprint density at radius 3 is 2.38 bits per heavy atom. The first-order valence-corrected chi connectivity index (χ1v) is 7.56. The highest BCUT2D eigenvalue weighted by Crippen LogP contribution is 2.23. The van der Waals surface area contributed by atoms with E-state index in [2.05, 4.69) is 9.97 Å². The molecule has 0 bridgehead atoms. The summed E-state index contributed by atoms with van der Waals surface area (Å²) < 4.78 is 10.8. The molecule has 2 rings (SSSR count). The van der Waals surface area contributed by atoms with Gasteiger partial charge in [-0.25, -0.2) is 0 Å². The molecule has 128 valence electrons. The fourth-order valence-electron chi connectivity index (χ4n) is 1.91. The lowest BCUT2D eigenvalue weighted by molar-refractivity contribution is -0.127. The van der Waals surface area contributed by atoms with E-state index in [9.17, 15) is 4.79 Å². The molecule has 0 N–H and O–H groups in total. The topological polar surface area (TPSA) is 67.8 Å². The average molecular weight is 330 g/mol. The van der Waals surface area contributed by atoms with E-state index in [0.717, 1.165) is 5.75 Å². The van der Waals surface area contributed by atoms with Crippen LogP contribution in [-0.2, 0) is 4.79 Å². The molecule has 1 aromatic heterocycles. The zero-order chi connectivity index (χ0) is 17.5. The van der Waals surface area contributed by atoms with E-state index in [-0.39, 0.29) is 5.91 Å². The maximum atomic E-state index is 11.2. The van der Waals surface area contributed by atoms with Gasteiger partial charge >= 0.3 is 0 Å². The van der Waals surface area contributed by atoms with Gasteiger partial charge in [0.05, 0.1) is 19.5 Å². The van der Waals surface area contributed by atoms with Crippen LogP contribution in [0.2, 0.25) is 0 Å². The molecular weight excluding hydrogens is 308 g/mol. The number of nitrogens with zero attached hydrogens (tertiary/aromatic N) is 4. The summed E-state index contributed by atoms with van der Waals surface area (Å²) in [7, 11) is 5.28. The Kier molecular flexibility index (Phi) is 5.95. The van der Waals surface area contributed by atoms with Crippen LogP contribution in [0.4, 0.5) is 5.82 Å². The number of aromatic nitrogens is 2. The number of carbonyl (C=O) groups excluding carboxylic acids is 1. The lowest BCUT2D eigenvalue weighted by atomic mass is 10.3. The minimum absolute atomic E-state index is 0.0334. The number of rotatable bonds is 7. The summed E-state index contributed by atoms with van der Waals surface area (Å²) in [5, 5.41) is 0. The Labute approximate surface area is 141 Å². The number of amides is 1. The standard InChI is InChI=1S/C17H22N4O3/c1-13(22)20(2)9-10-21(3)16-11-18-12-17(19-16)24-15-7-5-14(23-4)6-8-15/h5-8,11-12H,9-10H2,1-4H3. The lowest BCUT2D eigenvalue weighted by Gasteiger charge is -2.22. The van der Waals surface area contributed by atoms with Crippen molar-refractivity contribution in [3.05, 3.63) is 36.7 Å². The van der Waals surface area contributed by atoms with Gasteiger partial charge in [0.25, 0.3) is 0 Å². The second-order valence-electron chi connectivity index (χ2n) is 5.36. The summed E-state index contributed by atoms with van der Waals surface area (Å²) >= 11 is 0. The van der Waals surface area contributed by atoms with Crippen LogP contribution in [0.5, 0.6) is 17.4 Å². The molecule has 0 fully saturated rings. The van der Waals surface area contributed by atoms with E-state index in [0.29, 0.717) is 30.5 Å². The number of likely N-dealkylation sites (N-methyl/N-ethyl adjacent to an activating group) is 2. The molecule has 0 aliphatic heterocycles. The summed E-state index contributed by atoms with van der Waals surface area (Å²) in [5.41, 5.74) is 0. The van der Waals surface area contributed by atoms with Crippen LogP contribution < -0.4 is 14.4 Å². The van der Waals surface area contributed by atoms with Crippen molar-refractivity contribution in [3.63, 3.8) is 0 Å². The van der Waals surface area contributed by atoms with Crippen molar-refractivity contribution in [3.8, 4) is 17.4 Å². The predicted molar refractivity (Wildman–Crippen MR) is 91.7 cm³/mol. The molecule has 7 heteroatoms. The summed E-state index contributed by atoms with van der Waals surface area (Å²) in [6.45, 7) is 2.80. The highest BCUT2D eigenvalue weighted by atomic mass is 16.5. The van der Waals surface area contributed by atoms with Crippen molar-refractivity contribution >= 4 is 11.7 Å². The third-order valence-electron chi connectivity index (χ3n) is 3.58. The van der Waals surface area contributed by atoms with Crippen molar-refractivity contribution in [2.24, 2.45) is 0 Å². The second-order valence-corrected chi connectivity index (χ2v) is 5.36. The van der Waals surface area contributed by atoms with Crippen LogP contribution >= 0.6 is 0 Å². The normalized spacial score (nSPS) is 10.2. The molecule has 1 heterocycles. The molecule has 0 aliphatic carbocycles. The molecule has 1 aromatic carbocycles. The lowest BCUT2D eigenvalue weighted by Crippen LogP contribution is -2.33. The number of anilines is 1. The molecule has 24 heavy (non-hydrogen) atoms. The van der Waals surface area contributed by atoms with Crippen molar-refractivity contribution in [1.82, 2.24) is 14.9 Å².